The van der Waals surface area contributed by atoms with Crippen molar-refractivity contribution >= 4 is 5.97 Å². The number of carboxylic acids is 1. The molecule has 0 aliphatic heterocycles. The molecule has 126 valence electrons. The maximum atomic E-state index is 10.4. The van der Waals surface area contributed by atoms with Gasteiger partial charge in [-0.15, -0.1) is 0 Å². The minimum absolute atomic E-state index is 0.0826. The van der Waals surface area contributed by atoms with E-state index in [1.54, 1.807) is 6.08 Å². The normalized spacial score (nSPS) is 15.0. The zero-order valence-corrected chi connectivity index (χ0v) is 13.5. The Hall–Kier alpha value is -1.39. The fraction of sp³-hybridized carbons (Fsp3) is 0.611. The van der Waals surface area contributed by atoms with Gasteiger partial charge in [0.1, 0.15) is 0 Å². The van der Waals surface area contributed by atoms with E-state index in [9.17, 15) is 15.0 Å². The number of aliphatic carboxylic acids is 1. The van der Waals surface area contributed by atoms with Gasteiger partial charge < -0.3 is 15.3 Å². The summed E-state index contributed by atoms with van der Waals surface area (Å²) in [6.45, 7) is 2.10. The van der Waals surface area contributed by atoms with Crippen molar-refractivity contribution in [3.63, 3.8) is 0 Å². The third-order valence-corrected chi connectivity index (χ3v) is 3.20. The lowest BCUT2D eigenvalue weighted by atomic mass is 10.0. The summed E-state index contributed by atoms with van der Waals surface area (Å²) in [5.41, 5.74) is 0. The molecule has 0 aromatic heterocycles. The van der Waals surface area contributed by atoms with Crippen LogP contribution in [0.4, 0.5) is 0 Å². The number of allylic oxidation sites excluding steroid dienone is 5. The highest BCUT2D eigenvalue weighted by atomic mass is 16.4. The van der Waals surface area contributed by atoms with Gasteiger partial charge in [0.2, 0.25) is 0 Å². The molecule has 0 aliphatic rings. The Morgan fingerprint density at radius 1 is 0.955 bits per heavy atom. The Morgan fingerprint density at radius 2 is 1.59 bits per heavy atom. The Balaban J connectivity index is 3.66. The van der Waals surface area contributed by atoms with Crippen molar-refractivity contribution in [2.24, 2.45) is 0 Å². The highest BCUT2D eigenvalue weighted by molar-refractivity contribution is 5.66. The van der Waals surface area contributed by atoms with Crippen LogP contribution in [-0.4, -0.2) is 33.5 Å². The number of rotatable bonds is 13. The van der Waals surface area contributed by atoms with Crippen LogP contribution in [-0.2, 0) is 4.79 Å². The van der Waals surface area contributed by atoms with Crippen LogP contribution >= 0.6 is 0 Å². The van der Waals surface area contributed by atoms with Crippen LogP contribution in [0.2, 0.25) is 0 Å². The van der Waals surface area contributed by atoms with Crippen molar-refractivity contribution in [1.82, 2.24) is 0 Å². The summed E-state index contributed by atoms with van der Waals surface area (Å²) in [4.78, 5) is 10.4. The molecule has 4 nitrogen and oxygen atoms in total. The van der Waals surface area contributed by atoms with Crippen molar-refractivity contribution in [1.29, 1.82) is 0 Å². The molecule has 0 aromatic rings. The molecule has 0 radical (unpaired) electrons. The Kier molecular flexibility index (Phi) is 13.6. The van der Waals surface area contributed by atoms with Crippen LogP contribution in [0, 0.1) is 0 Å². The molecule has 0 aliphatic carbocycles. The first kappa shape index (κ1) is 20.6. The predicted octanol–water partition coefficient (Wildman–Crippen LogP) is 3.60. The topological polar surface area (TPSA) is 77.8 Å². The van der Waals surface area contributed by atoms with E-state index in [1.807, 2.05) is 6.08 Å². The van der Waals surface area contributed by atoms with Crippen molar-refractivity contribution in [3.05, 3.63) is 36.5 Å². The molecule has 3 N–H and O–H groups in total. The van der Waals surface area contributed by atoms with Gasteiger partial charge in [0.05, 0.1) is 12.2 Å². The SMILES string of the molecule is CCC=CCC=CCC=CC(O)CCC(O)CCCC(=O)O. The molecule has 0 amide bonds. The van der Waals surface area contributed by atoms with E-state index in [0.29, 0.717) is 25.7 Å². The molecule has 0 rings (SSSR count). The smallest absolute Gasteiger partial charge is 0.303 e. The van der Waals surface area contributed by atoms with Crippen molar-refractivity contribution in [2.45, 2.75) is 70.5 Å². The molecule has 22 heavy (non-hydrogen) atoms. The van der Waals surface area contributed by atoms with E-state index >= 15 is 0 Å². The Labute approximate surface area is 133 Å². The lowest BCUT2D eigenvalue weighted by molar-refractivity contribution is -0.137. The minimum Gasteiger partial charge on any atom is -0.481 e. The number of carboxylic acid groups (broad SMARTS) is 1. The summed E-state index contributed by atoms with van der Waals surface area (Å²) in [6, 6.07) is 0. The second-order valence-electron chi connectivity index (χ2n) is 5.34. The van der Waals surface area contributed by atoms with Gasteiger partial charge in [-0.1, -0.05) is 43.4 Å². The number of hydrogen-bond acceptors (Lipinski definition) is 3. The number of hydrogen-bond donors (Lipinski definition) is 3. The molecule has 2 unspecified atom stereocenters. The van der Waals surface area contributed by atoms with Gasteiger partial charge in [-0.05, 0) is 44.9 Å². The largest absolute Gasteiger partial charge is 0.481 e. The number of aliphatic hydroxyl groups is 2. The summed E-state index contributed by atoms with van der Waals surface area (Å²) in [7, 11) is 0. The van der Waals surface area contributed by atoms with Crippen LogP contribution in [0.15, 0.2) is 36.5 Å². The van der Waals surface area contributed by atoms with Crippen LogP contribution < -0.4 is 0 Å². The van der Waals surface area contributed by atoms with E-state index in [1.165, 1.54) is 0 Å². The van der Waals surface area contributed by atoms with Crippen molar-refractivity contribution < 1.29 is 20.1 Å². The molecule has 0 saturated carbocycles. The van der Waals surface area contributed by atoms with Gasteiger partial charge in [0.15, 0.2) is 0 Å². The fourth-order valence-corrected chi connectivity index (χ4v) is 1.94. The van der Waals surface area contributed by atoms with Crippen LogP contribution in [0.5, 0.6) is 0 Å². The Morgan fingerprint density at radius 3 is 2.23 bits per heavy atom. The van der Waals surface area contributed by atoms with Gasteiger partial charge >= 0.3 is 5.97 Å². The zero-order chi connectivity index (χ0) is 16.6. The summed E-state index contributed by atoms with van der Waals surface area (Å²) in [5, 5.41) is 27.9. The number of carbonyl (C=O) groups is 1. The second kappa shape index (κ2) is 14.5. The van der Waals surface area contributed by atoms with E-state index in [2.05, 4.69) is 31.2 Å². The summed E-state index contributed by atoms with van der Waals surface area (Å²) < 4.78 is 0. The molecule has 0 saturated heterocycles. The first-order valence-corrected chi connectivity index (χ1v) is 8.10. The molecule has 2 atom stereocenters. The maximum Gasteiger partial charge on any atom is 0.303 e. The molecular weight excluding hydrogens is 280 g/mol. The third kappa shape index (κ3) is 15.0. The molecule has 0 heterocycles. The molecule has 4 heteroatoms. The summed E-state index contributed by atoms with van der Waals surface area (Å²) in [6.07, 6.45) is 15.8. The lowest BCUT2D eigenvalue weighted by Crippen LogP contribution is -2.12. The average Bonchev–Trinajstić information content (AvgIpc) is 2.47. The highest BCUT2D eigenvalue weighted by Gasteiger charge is 2.08. The first-order chi connectivity index (χ1) is 10.6. The molecule has 0 fully saturated rings. The van der Waals surface area contributed by atoms with Gasteiger partial charge in [-0.3, -0.25) is 4.79 Å². The van der Waals surface area contributed by atoms with Gasteiger partial charge in [-0.25, -0.2) is 0 Å². The minimum atomic E-state index is -0.839. The average molecular weight is 310 g/mol. The summed E-state index contributed by atoms with van der Waals surface area (Å²) >= 11 is 0. The molecule has 0 bridgehead atoms. The molecule has 0 spiro atoms. The second-order valence-corrected chi connectivity index (χ2v) is 5.34. The monoisotopic (exact) mass is 310 g/mol. The van der Waals surface area contributed by atoms with Crippen molar-refractivity contribution in [3.8, 4) is 0 Å². The highest BCUT2D eigenvalue weighted by Crippen LogP contribution is 2.09. The van der Waals surface area contributed by atoms with Crippen molar-refractivity contribution in [2.75, 3.05) is 0 Å². The van der Waals surface area contributed by atoms with Crippen LogP contribution in [0.3, 0.4) is 0 Å². The predicted molar refractivity (Wildman–Crippen MR) is 89.7 cm³/mol. The quantitative estimate of drug-likeness (QED) is 0.454. The standard InChI is InChI=1S/C18H30O4/c1-2-3-4-5-6-7-8-9-11-16(19)14-15-17(20)12-10-13-18(21)22/h3-4,6-7,9,11,16-17,19-20H,2,5,8,10,12-15H2,1H3,(H,21,22). The third-order valence-electron chi connectivity index (χ3n) is 3.20. The molecular formula is C18H30O4. The Bertz CT molecular complexity index is 358. The molecule has 0 aromatic carbocycles. The number of aliphatic hydroxyl groups excluding tert-OH is 2. The van der Waals surface area contributed by atoms with Crippen LogP contribution in [0.25, 0.3) is 0 Å². The van der Waals surface area contributed by atoms with Gasteiger partial charge in [-0.2, -0.15) is 0 Å². The van der Waals surface area contributed by atoms with Gasteiger partial charge in [0, 0.05) is 6.42 Å². The first-order valence-electron chi connectivity index (χ1n) is 8.10. The maximum absolute atomic E-state index is 10.4. The zero-order valence-electron chi connectivity index (χ0n) is 13.5. The summed E-state index contributed by atoms with van der Waals surface area (Å²) in [5.74, 6) is -0.839. The fourth-order valence-electron chi connectivity index (χ4n) is 1.94. The lowest BCUT2D eigenvalue weighted by Gasteiger charge is -2.11. The van der Waals surface area contributed by atoms with Gasteiger partial charge in [0.25, 0.3) is 0 Å². The van der Waals surface area contributed by atoms with E-state index < -0.39 is 18.2 Å². The van der Waals surface area contributed by atoms with E-state index in [4.69, 9.17) is 5.11 Å². The van der Waals surface area contributed by atoms with Crippen LogP contribution in [0.1, 0.15) is 58.3 Å². The van der Waals surface area contributed by atoms with E-state index in [-0.39, 0.29) is 6.42 Å². The van der Waals surface area contributed by atoms with E-state index in [0.717, 1.165) is 19.3 Å².